The molecule has 3 aromatic rings. The zero-order valence-electron chi connectivity index (χ0n) is 18.7. The Bertz CT molecular complexity index is 1160. The van der Waals surface area contributed by atoms with Crippen LogP contribution in [0.3, 0.4) is 0 Å². The minimum absolute atomic E-state index is 0.322. The summed E-state index contributed by atoms with van der Waals surface area (Å²) < 4.78 is 11.3. The van der Waals surface area contributed by atoms with Crippen LogP contribution in [0.5, 0.6) is 0 Å². The number of ether oxygens (including phenoxy) is 1. The highest BCUT2D eigenvalue weighted by Gasteiger charge is 2.30. The van der Waals surface area contributed by atoms with E-state index in [9.17, 15) is 4.79 Å². The van der Waals surface area contributed by atoms with Crippen molar-refractivity contribution in [2.45, 2.75) is 64.5 Å². The van der Waals surface area contributed by atoms with E-state index in [4.69, 9.17) is 9.72 Å². The van der Waals surface area contributed by atoms with Gasteiger partial charge in [0.2, 0.25) is 0 Å². The smallest absolute Gasteiger partial charge is 0.337 e. The van der Waals surface area contributed by atoms with Gasteiger partial charge in [-0.1, -0.05) is 38.3 Å². The number of hydrogen-bond donors (Lipinski definition) is 0. The van der Waals surface area contributed by atoms with E-state index >= 15 is 0 Å². The number of benzene rings is 1. The van der Waals surface area contributed by atoms with Crippen LogP contribution in [0, 0.1) is 0 Å². The Hall–Kier alpha value is -1.86. The highest BCUT2D eigenvalue weighted by Crippen LogP contribution is 2.45. The van der Waals surface area contributed by atoms with Crippen LogP contribution in [0.2, 0.25) is 0 Å². The number of allylic oxidation sites excluding steroid dienone is 1. The van der Waals surface area contributed by atoms with E-state index in [-0.39, 0.29) is 5.97 Å². The Balaban J connectivity index is 2.07. The topological polar surface area (TPSA) is 49.0 Å². The van der Waals surface area contributed by atoms with Crippen LogP contribution in [-0.4, -0.2) is 27.2 Å². The van der Waals surface area contributed by atoms with E-state index in [0.29, 0.717) is 18.0 Å². The van der Waals surface area contributed by atoms with Gasteiger partial charge < -0.3 is 13.9 Å². The molecule has 0 unspecified atom stereocenters. The summed E-state index contributed by atoms with van der Waals surface area (Å²) in [5.74, 6) is 1.10. The first-order valence-electron chi connectivity index (χ1n) is 11.3. The number of hydrogen-bond acceptors (Lipinski definition) is 3. The number of carbonyl (C=O) groups is 1. The summed E-state index contributed by atoms with van der Waals surface area (Å²) in [6.07, 6.45) is 9.05. The van der Waals surface area contributed by atoms with Crippen molar-refractivity contribution in [1.82, 2.24) is 14.1 Å². The maximum atomic E-state index is 12.3. The van der Waals surface area contributed by atoms with Gasteiger partial charge in [-0.15, -0.1) is 6.58 Å². The minimum atomic E-state index is -0.322. The molecule has 0 saturated heterocycles. The van der Waals surface area contributed by atoms with Crippen molar-refractivity contribution < 1.29 is 9.53 Å². The summed E-state index contributed by atoms with van der Waals surface area (Å²) in [7, 11) is 1.42. The lowest BCUT2D eigenvalue weighted by Crippen LogP contribution is -2.10. The number of aromatic nitrogens is 3. The zero-order valence-corrected chi connectivity index (χ0v) is 21.8. The third kappa shape index (κ3) is 4.10. The summed E-state index contributed by atoms with van der Waals surface area (Å²) in [6.45, 7) is 7.69. The maximum Gasteiger partial charge on any atom is 0.337 e. The molecule has 2 aromatic heterocycles. The SMILES string of the molecule is C=CCn1c(-c2nc(Br)c(Br)n2CCC)c(C2CCCCC2)c2ccc(C(=O)OC)cc21. The third-order valence-corrected chi connectivity index (χ3v) is 8.26. The van der Waals surface area contributed by atoms with Crippen LogP contribution in [0.25, 0.3) is 22.4 Å². The number of halogens is 2. The zero-order chi connectivity index (χ0) is 22.8. The van der Waals surface area contributed by atoms with Crippen molar-refractivity contribution in [2.24, 2.45) is 0 Å². The van der Waals surface area contributed by atoms with Gasteiger partial charge in [0.25, 0.3) is 0 Å². The molecule has 32 heavy (non-hydrogen) atoms. The van der Waals surface area contributed by atoms with Gasteiger partial charge in [0, 0.05) is 18.5 Å². The molecular weight excluding hydrogens is 534 g/mol. The first kappa shape index (κ1) is 23.3. The number of nitrogens with zero attached hydrogens (tertiary/aromatic N) is 3. The van der Waals surface area contributed by atoms with Crippen LogP contribution >= 0.6 is 31.9 Å². The second kappa shape index (κ2) is 9.96. The Morgan fingerprint density at radius 2 is 2.00 bits per heavy atom. The molecule has 4 rings (SSSR count). The Kier molecular flexibility index (Phi) is 7.25. The highest BCUT2D eigenvalue weighted by atomic mass is 79.9. The molecule has 0 amide bonds. The van der Waals surface area contributed by atoms with Crippen LogP contribution in [0.15, 0.2) is 40.1 Å². The average molecular weight is 563 g/mol. The summed E-state index contributed by atoms with van der Waals surface area (Å²) in [6, 6.07) is 5.93. The second-order valence-electron chi connectivity index (χ2n) is 8.39. The van der Waals surface area contributed by atoms with E-state index in [1.165, 1.54) is 50.2 Å². The van der Waals surface area contributed by atoms with Crippen molar-refractivity contribution >= 4 is 48.7 Å². The fraction of sp³-hybridized carbons (Fsp3) is 0.440. The Labute approximate surface area is 206 Å². The normalized spacial score (nSPS) is 14.8. The Morgan fingerprint density at radius 1 is 1.25 bits per heavy atom. The molecule has 5 nitrogen and oxygen atoms in total. The van der Waals surface area contributed by atoms with Crippen LogP contribution < -0.4 is 0 Å². The first-order chi connectivity index (χ1) is 15.5. The van der Waals surface area contributed by atoms with Gasteiger partial charge in [-0.05, 0) is 74.7 Å². The van der Waals surface area contributed by atoms with Gasteiger partial charge in [0.1, 0.15) is 9.21 Å². The van der Waals surface area contributed by atoms with Crippen molar-refractivity contribution in [1.29, 1.82) is 0 Å². The van der Waals surface area contributed by atoms with E-state index in [1.807, 2.05) is 18.2 Å². The molecular formula is C25H29Br2N3O2. The molecule has 0 atom stereocenters. The van der Waals surface area contributed by atoms with Gasteiger partial charge in [-0.2, -0.15) is 0 Å². The molecule has 170 valence electrons. The number of carbonyl (C=O) groups excluding carboxylic acids is 1. The molecule has 1 aromatic carbocycles. The van der Waals surface area contributed by atoms with Crippen molar-refractivity contribution in [3.8, 4) is 11.5 Å². The number of imidazole rings is 1. The molecule has 0 spiro atoms. The molecule has 1 aliphatic rings. The predicted octanol–water partition coefficient (Wildman–Crippen LogP) is 7.46. The van der Waals surface area contributed by atoms with Crippen molar-refractivity contribution in [3.05, 3.63) is 51.2 Å². The second-order valence-corrected chi connectivity index (χ2v) is 9.89. The summed E-state index contributed by atoms with van der Waals surface area (Å²) in [4.78, 5) is 17.2. The van der Waals surface area contributed by atoms with Crippen LogP contribution in [-0.2, 0) is 17.8 Å². The van der Waals surface area contributed by atoms with Crippen LogP contribution in [0.4, 0.5) is 0 Å². The average Bonchev–Trinajstić information content (AvgIpc) is 3.28. The number of methoxy groups -OCH3 is 1. The maximum absolute atomic E-state index is 12.3. The quantitative estimate of drug-likeness (QED) is 0.222. The fourth-order valence-electron chi connectivity index (χ4n) is 5.00. The first-order valence-corrected chi connectivity index (χ1v) is 12.9. The fourth-order valence-corrected chi connectivity index (χ4v) is 5.81. The molecule has 0 radical (unpaired) electrons. The molecule has 0 aliphatic heterocycles. The summed E-state index contributed by atoms with van der Waals surface area (Å²) in [5.41, 5.74) is 4.07. The molecule has 7 heteroatoms. The predicted molar refractivity (Wildman–Crippen MR) is 136 cm³/mol. The summed E-state index contributed by atoms with van der Waals surface area (Å²) in [5, 5.41) is 1.19. The highest BCUT2D eigenvalue weighted by molar-refractivity contribution is 9.13. The molecule has 1 aliphatic carbocycles. The third-order valence-electron chi connectivity index (χ3n) is 6.38. The van der Waals surface area contributed by atoms with Crippen molar-refractivity contribution in [3.63, 3.8) is 0 Å². The monoisotopic (exact) mass is 561 g/mol. The van der Waals surface area contributed by atoms with Gasteiger partial charge in [-0.25, -0.2) is 9.78 Å². The van der Waals surface area contributed by atoms with Gasteiger partial charge >= 0.3 is 5.97 Å². The van der Waals surface area contributed by atoms with E-state index in [0.717, 1.165) is 39.2 Å². The lowest BCUT2D eigenvalue weighted by Gasteiger charge is -2.23. The minimum Gasteiger partial charge on any atom is -0.465 e. The summed E-state index contributed by atoms with van der Waals surface area (Å²) >= 11 is 7.36. The van der Waals surface area contributed by atoms with E-state index in [1.54, 1.807) is 0 Å². The van der Waals surface area contributed by atoms with Crippen LogP contribution in [0.1, 0.15) is 67.3 Å². The van der Waals surface area contributed by atoms with Gasteiger partial charge in [0.15, 0.2) is 5.82 Å². The number of esters is 1. The molecule has 1 fully saturated rings. The standard InChI is InChI=1S/C25H29Br2N3O2/c1-4-13-29-19-15-17(25(31)32-3)11-12-18(19)20(16-9-7-6-8-10-16)21(29)24-28-22(26)23(27)30(24)14-5-2/h4,11-12,15-16H,1,5-10,13-14H2,2-3H3. The van der Waals surface area contributed by atoms with E-state index < -0.39 is 0 Å². The number of rotatable bonds is 7. The number of fused-ring (bicyclic) bond motifs is 1. The molecule has 0 bridgehead atoms. The lowest BCUT2D eigenvalue weighted by atomic mass is 9.82. The van der Waals surface area contributed by atoms with Gasteiger partial charge in [0.05, 0.1) is 23.9 Å². The van der Waals surface area contributed by atoms with E-state index in [2.05, 4.69) is 60.6 Å². The lowest BCUT2D eigenvalue weighted by molar-refractivity contribution is 0.0601. The Morgan fingerprint density at radius 3 is 2.66 bits per heavy atom. The molecule has 1 saturated carbocycles. The largest absolute Gasteiger partial charge is 0.465 e. The molecule has 2 heterocycles. The van der Waals surface area contributed by atoms with Gasteiger partial charge in [-0.3, -0.25) is 0 Å². The molecule has 0 N–H and O–H groups in total. The van der Waals surface area contributed by atoms with Crippen molar-refractivity contribution in [2.75, 3.05) is 7.11 Å².